The van der Waals surface area contributed by atoms with E-state index in [1.54, 1.807) is 0 Å². The highest BCUT2D eigenvalue weighted by Gasteiger charge is 2.25. The van der Waals surface area contributed by atoms with E-state index in [0.717, 1.165) is 34.4 Å². The topological polar surface area (TPSA) is 66.4 Å². The Balaban J connectivity index is 1.92. The molecule has 1 heterocycles. The SMILES string of the molecule is CC1=C(CCC(=O)O)C(C)=C(/C=C2\C(=O)Nc3ccccc32)C1. The van der Waals surface area contributed by atoms with Gasteiger partial charge in [-0.3, -0.25) is 9.59 Å². The van der Waals surface area contributed by atoms with Crippen LogP contribution in [-0.4, -0.2) is 17.0 Å². The lowest BCUT2D eigenvalue weighted by Crippen LogP contribution is -2.04. The summed E-state index contributed by atoms with van der Waals surface area (Å²) in [5.74, 6) is -0.864. The summed E-state index contributed by atoms with van der Waals surface area (Å²) in [6.45, 7) is 4.05. The summed E-state index contributed by atoms with van der Waals surface area (Å²) in [7, 11) is 0. The van der Waals surface area contributed by atoms with Crippen LogP contribution in [0.4, 0.5) is 5.69 Å². The van der Waals surface area contributed by atoms with Crippen molar-refractivity contribution in [2.24, 2.45) is 0 Å². The fourth-order valence-corrected chi connectivity index (χ4v) is 3.29. The van der Waals surface area contributed by atoms with Crippen molar-refractivity contribution in [3.05, 3.63) is 58.2 Å². The molecular formula is C19H19NO3. The van der Waals surface area contributed by atoms with E-state index in [1.165, 1.54) is 5.57 Å². The molecule has 1 aliphatic carbocycles. The third-order valence-corrected chi connectivity index (χ3v) is 4.52. The average Bonchev–Trinajstić information content (AvgIpc) is 2.95. The molecule has 1 amide bonds. The second-order valence-electron chi connectivity index (χ2n) is 6.04. The Morgan fingerprint density at radius 2 is 2.04 bits per heavy atom. The molecule has 1 aromatic rings. The third kappa shape index (κ3) is 2.84. The highest BCUT2D eigenvalue weighted by atomic mass is 16.4. The highest BCUT2D eigenvalue weighted by Crippen LogP contribution is 2.38. The maximum absolute atomic E-state index is 12.2. The van der Waals surface area contributed by atoms with Crippen molar-refractivity contribution in [2.75, 3.05) is 5.32 Å². The van der Waals surface area contributed by atoms with E-state index in [4.69, 9.17) is 5.11 Å². The monoisotopic (exact) mass is 309 g/mol. The Morgan fingerprint density at radius 1 is 1.30 bits per heavy atom. The molecule has 0 bridgehead atoms. The average molecular weight is 309 g/mol. The molecule has 0 saturated heterocycles. The van der Waals surface area contributed by atoms with Crippen LogP contribution in [0.15, 0.2) is 52.6 Å². The number of carbonyl (C=O) groups excluding carboxylic acids is 1. The van der Waals surface area contributed by atoms with Crippen molar-refractivity contribution < 1.29 is 14.7 Å². The molecule has 0 radical (unpaired) electrons. The van der Waals surface area contributed by atoms with Gasteiger partial charge in [-0.05, 0) is 55.6 Å². The molecule has 2 aliphatic rings. The molecule has 1 aliphatic heterocycles. The second-order valence-corrected chi connectivity index (χ2v) is 6.04. The van der Waals surface area contributed by atoms with Crippen LogP contribution in [0, 0.1) is 0 Å². The number of para-hydroxylation sites is 1. The number of hydrogen-bond donors (Lipinski definition) is 2. The first kappa shape index (κ1) is 15.3. The first-order chi connectivity index (χ1) is 11.0. The van der Waals surface area contributed by atoms with Crippen LogP contribution in [0.25, 0.3) is 5.57 Å². The molecular weight excluding hydrogens is 290 g/mol. The zero-order valence-corrected chi connectivity index (χ0v) is 13.3. The van der Waals surface area contributed by atoms with Gasteiger partial charge < -0.3 is 10.4 Å². The first-order valence-electron chi connectivity index (χ1n) is 7.70. The minimum absolute atomic E-state index is 0.0804. The van der Waals surface area contributed by atoms with Crippen LogP contribution in [0.2, 0.25) is 0 Å². The van der Waals surface area contributed by atoms with E-state index >= 15 is 0 Å². The maximum Gasteiger partial charge on any atom is 0.303 e. The van der Waals surface area contributed by atoms with Crippen LogP contribution < -0.4 is 5.32 Å². The normalized spacial score (nSPS) is 18.7. The molecule has 3 rings (SSSR count). The number of nitrogens with one attached hydrogen (secondary N) is 1. The predicted octanol–water partition coefficient (Wildman–Crippen LogP) is 3.92. The number of anilines is 1. The van der Waals surface area contributed by atoms with Crippen molar-refractivity contribution in [2.45, 2.75) is 33.1 Å². The number of carbonyl (C=O) groups is 2. The Hall–Kier alpha value is -2.62. The molecule has 4 nitrogen and oxygen atoms in total. The minimum Gasteiger partial charge on any atom is -0.481 e. The fourth-order valence-electron chi connectivity index (χ4n) is 3.29. The van der Waals surface area contributed by atoms with E-state index < -0.39 is 5.97 Å². The van der Waals surface area contributed by atoms with Crippen molar-refractivity contribution in [1.82, 2.24) is 0 Å². The largest absolute Gasteiger partial charge is 0.481 e. The van der Waals surface area contributed by atoms with Gasteiger partial charge in [-0.25, -0.2) is 0 Å². The molecule has 2 N–H and O–H groups in total. The summed E-state index contributed by atoms with van der Waals surface area (Å²) in [5, 5.41) is 11.8. The van der Waals surface area contributed by atoms with Gasteiger partial charge in [-0.2, -0.15) is 0 Å². The number of hydrogen-bond acceptors (Lipinski definition) is 2. The summed E-state index contributed by atoms with van der Waals surface area (Å²) >= 11 is 0. The van der Waals surface area contributed by atoms with Gasteiger partial charge in [0.1, 0.15) is 0 Å². The Morgan fingerprint density at radius 3 is 2.78 bits per heavy atom. The van der Waals surface area contributed by atoms with Gasteiger partial charge in [0.25, 0.3) is 5.91 Å². The molecule has 0 atom stereocenters. The van der Waals surface area contributed by atoms with E-state index in [0.29, 0.717) is 12.0 Å². The Labute approximate surface area is 135 Å². The molecule has 0 spiro atoms. The second kappa shape index (κ2) is 5.88. The van der Waals surface area contributed by atoms with Crippen molar-refractivity contribution in [3.63, 3.8) is 0 Å². The Bertz CT molecular complexity index is 797. The number of fused-ring (bicyclic) bond motifs is 1. The van der Waals surface area contributed by atoms with E-state index in [1.807, 2.05) is 44.2 Å². The number of aliphatic carboxylic acids is 1. The van der Waals surface area contributed by atoms with Gasteiger partial charge in [-0.1, -0.05) is 23.8 Å². The van der Waals surface area contributed by atoms with Crippen molar-refractivity contribution in [3.8, 4) is 0 Å². The number of benzene rings is 1. The molecule has 0 unspecified atom stereocenters. The number of rotatable bonds is 4. The lowest BCUT2D eigenvalue weighted by atomic mass is 10.00. The number of amides is 1. The summed E-state index contributed by atoms with van der Waals surface area (Å²) in [4.78, 5) is 23.0. The smallest absolute Gasteiger partial charge is 0.303 e. The van der Waals surface area contributed by atoms with Crippen molar-refractivity contribution >= 4 is 23.1 Å². The lowest BCUT2D eigenvalue weighted by molar-refractivity contribution is -0.136. The highest BCUT2D eigenvalue weighted by molar-refractivity contribution is 6.31. The number of carboxylic acids is 1. The van der Waals surface area contributed by atoms with Gasteiger partial charge in [0.2, 0.25) is 0 Å². The molecule has 0 aromatic heterocycles. The minimum atomic E-state index is -0.783. The van der Waals surface area contributed by atoms with Gasteiger partial charge in [0, 0.05) is 23.2 Å². The maximum atomic E-state index is 12.2. The van der Waals surface area contributed by atoms with Gasteiger partial charge in [0.05, 0.1) is 0 Å². The summed E-state index contributed by atoms with van der Waals surface area (Å²) < 4.78 is 0. The number of allylic oxidation sites excluding steroid dienone is 5. The van der Waals surface area contributed by atoms with Crippen LogP contribution >= 0.6 is 0 Å². The van der Waals surface area contributed by atoms with Crippen molar-refractivity contribution in [1.29, 1.82) is 0 Å². The molecule has 4 heteroatoms. The van der Waals surface area contributed by atoms with Gasteiger partial charge in [-0.15, -0.1) is 0 Å². The van der Waals surface area contributed by atoms with E-state index in [-0.39, 0.29) is 12.3 Å². The fraction of sp³-hybridized carbons (Fsp3) is 0.263. The Kier molecular flexibility index (Phi) is 3.90. The summed E-state index contributed by atoms with van der Waals surface area (Å²) in [6.07, 6.45) is 3.41. The molecule has 0 fully saturated rings. The zero-order valence-electron chi connectivity index (χ0n) is 13.3. The third-order valence-electron chi connectivity index (χ3n) is 4.52. The van der Waals surface area contributed by atoms with Gasteiger partial charge in [0.15, 0.2) is 0 Å². The van der Waals surface area contributed by atoms with Crippen LogP contribution in [-0.2, 0) is 9.59 Å². The summed E-state index contributed by atoms with van der Waals surface area (Å²) in [5.41, 5.74) is 6.97. The summed E-state index contributed by atoms with van der Waals surface area (Å²) in [6, 6.07) is 7.66. The molecule has 23 heavy (non-hydrogen) atoms. The molecule has 118 valence electrons. The van der Waals surface area contributed by atoms with Crippen LogP contribution in [0.3, 0.4) is 0 Å². The van der Waals surface area contributed by atoms with E-state index in [2.05, 4.69) is 5.32 Å². The van der Waals surface area contributed by atoms with E-state index in [9.17, 15) is 9.59 Å². The lowest BCUT2D eigenvalue weighted by Gasteiger charge is -2.05. The molecule has 1 aromatic carbocycles. The first-order valence-corrected chi connectivity index (χ1v) is 7.70. The van der Waals surface area contributed by atoms with Crippen LogP contribution in [0.1, 0.15) is 38.7 Å². The predicted molar refractivity (Wildman–Crippen MR) is 89.9 cm³/mol. The quantitative estimate of drug-likeness (QED) is 0.828. The standard InChI is InChI=1S/C19H19NO3/c1-11-9-13(12(2)14(11)7-8-18(21)22)10-16-15-5-3-4-6-17(15)20-19(16)23/h3-6,10H,7-9H2,1-2H3,(H,20,23)(H,21,22)/b16-10-. The van der Waals surface area contributed by atoms with Crippen LogP contribution in [0.5, 0.6) is 0 Å². The van der Waals surface area contributed by atoms with Gasteiger partial charge >= 0.3 is 5.97 Å². The molecule has 0 saturated carbocycles. The number of carboxylic acid groups (broad SMARTS) is 1. The zero-order chi connectivity index (χ0) is 16.6.